The highest BCUT2D eigenvalue weighted by molar-refractivity contribution is 5.75. The zero-order valence-corrected chi connectivity index (χ0v) is 12.0. The van der Waals surface area contributed by atoms with Gasteiger partial charge in [-0.2, -0.15) is 0 Å². The summed E-state index contributed by atoms with van der Waals surface area (Å²) in [5.41, 5.74) is 2.90. The molecule has 0 aromatic rings. The molecule has 4 atom stereocenters. The van der Waals surface area contributed by atoms with E-state index in [1.54, 1.807) is 12.0 Å². The molecule has 1 unspecified atom stereocenters. The lowest BCUT2D eigenvalue weighted by atomic mass is 9.67. The maximum Gasteiger partial charge on any atom is 0.310 e. The van der Waals surface area contributed by atoms with Crippen molar-refractivity contribution in [2.45, 2.75) is 37.3 Å². The maximum absolute atomic E-state index is 11.8. The molecule has 1 N–H and O–H groups in total. The topological polar surface area (TPSA) is 40.0 Å². The zero-order valence-electron chi connectivity index (χ0n) is 12.0. The molecule has 4 heteroatoms. The van der Waals surface area contributed by atoms with Crippen molar-refractivity contribution in [1.29, 1.82) is 0 Å². The average molecular weight is 276 g/mol. The third-order valence-electron chi connectivity index (χ3n) is 5.83. The number of carbonyl (C=O) groups excluding carboxylic acids is 1. The van der Waals surface area contributed by atoms with Gasteiger partial charge in [-0.25, -0.2) is 0 Å². The fourth-order valence-corrected chi connectivity index (χ4v) is 4.90. The third-order valence-corrected chi connectivity index (χ3v) is 5.83. The van der Waals surface area contributed by atoms with E-state index in [1.807, 2.05) is 0 Å². The fourth-order valence-electron chi connectivity index (χ4n) is 4.90. The Balaban J connectivity index is 1.82. The van der Waals surface area contributed by atoms with E-state index in [4.69, 9.17) is 9.47 Å². The molecule has 0 bridgehead atoms. The minimum absolute atomic E-state index is 0.0476. The number of quaternary nitrogens is 1. The lowest BCUT2D eigenvalue weighted by Gasteiger charge is -2.48. The molecule has 0 radical (unpaired) electrons. The Kier molecular flexibility index (Phi) is 2.79. The van der Waals surface area contributed by atoms with Crippen LogP contribution in [-0.2, 0) is 14.3 Å². The van der Waals surface area contributed by atoms with Crippen LogP contribution in [0.5, 0.6) is 0 Å². The number of carbonyl (C=O) groups is 1. The van der Waals surface area contributed by atoms with Gasteiger partial charge in [0.2, 0.25) is 0 Å². The van der Waals surface area contributed by atoms with Crippen molar-refractivity contribution in [1.82, 2.24) is 0 Å². The van der Waals surface area contributed by atoms with Crippen molar-refractivity contribution in [3.05, 3.63) is 23.3 Å². The Hall–Kier alpha value is -1.13. The van der Waals surface area contributed by atoms with Crippen LogP contribution in [-0.4, -0.2) is 44.4 Å². The van der Waals surface area contributed by atoms with E-state index >= 15 is 0 Å². The number of methoxy groups -OCH3 is 1. The van der Waals surface area contributed by atoms with Crippen molar-refractivity contribution in [3.63, 3.8) is 0 Å². The Morgan fingerprint density at radius 2 is 2.30 bits per heavy atom. The summed E-state index contributed by atoms with van der Waals surface area (Å²) in [6, 6.07) is 0. The normalized spacial score (nSPS) is 42.9. The highest BCUT2D eigenvalue weighted by atomic mass is 16.5. The van der Waals surface area contributed by atoms with Gasteiger partial charge in [-0.3, -0.25) is 4.79 Å². The van der Waals surface area contributed by atoms with Crippen LogP contribution in [0.25, 0.3) is 0 Å². The first-order chi connectivity index (χ1) is 9.74. The molecular weight excluding hydrogens is 254 g/mol. The lowest BCUT2D eigenvalue weighted by Crippen LogP contribution is -3.20. The van der Waals surface area contributed by atoms with Gasteiger partial charge in [0.1, 0.15) is 12.1 Å². The summed E-state index contributed by atoms with van der Waals surface area (Å²) in [6.45, 7) is 2.92. The van der Waals surface area contributed by atoms with Crippen molar-refractivity contribution >= 4 is 5.97 Å². The van der Waals surface area contributed by atoms with Crippen LogP contribution in [0.4, 0.5) is 0 Å². The first kappa shape index (κ1) is 12.6. The second-order valence-corrected chi connectivity index (χ2v) is 6.50. The molecule has 3 aliphatic heterocycles. The smallest absolute Gasteiger partial charge is 0.310 e. The number of nitrogens with one attached hydrogen (secondary N) is 1. The summed E-state index contributed by atoms with van der Waals surface area (Å²) in [6.07, 6.45) is 8.59. The Bertz CT molecular complexity index is 510. The van der Waals surface area contributed by atoms with E-state index in [1.165, 1.54) is 30.7 Å². The SMILES string of the molecule is CO[C@H]1C=C[C@@H]2CC[NH+]3CCC4=C(CC(=O)OC4)[C@]23C1. The second kappa shape index (κ2) is 4.43. The molecule has 1 saturated heterocycles. The van der Waals surface area contributed by atoms with Crippen LogP contribution >= 0.6 is 0 Å². The first-order valence-corrected chi connectivity index (χ1v) is 7.67. The van der Waals surface area contributed by atoms with Crippen molar-refractivity contribution in [2.24, 2.45) is 5.92 Å². The lowest BCUT2D eigenvalue weighted by molar-refractivity contribution is -0.938. The highest BCUT2D eigenvalue weighted by Gasteiger charge is 2.59. The monoisotopic (exact) mass is 276 g/mol. The largest absolute Gasteiger partial charge is 0.461 e. The van der Waals surface area contributed by atoms with Crippen LogP contribution in [0.2, 0.25) is 0 Å². The van der Waals surface area contributed by atoms with Crippen molar-refractivity contribution in [2.75, 3.05) is 26.8 Å². The maximum atomic E-state index is 11.8. The van der Waals surface area contributed by atoms with Crippen LogP contribution < -0.4 is 4.90 Å². The molecule has 0 aromatic heterocycles. The van der Waals surface area contributed by atoms with Crippen LogP contribution in [0.15, 0.2) is 23.3 Å². The van der Waals surface area contributed by atoms with Crippen LogP contribution in [0.1, 0.15) is 25.7 Å². The molecule has 0 aromatic carbocycles. The fraction of sp³-hybridized carbons (Fsp3) is 0.688. The first-order valence-electron chi connectivity index (χ1n) is 7.67. The van der Waals surface area contributed by atoms with Gasteiger partial charge in [0, 0.05) is 37.9 Å². The Morgan fingerprint density at radius 1 is 1.40 bits per heavy atom. The molecule has 108 valence electrons. The summed E-state index contributed by atoms with van der Waals surface area (Å²) in [5.74, 6) is 0.522. The van der Waals surface area contributed by atoms with E-state index < -0.39 is 0 Å². The van der Waals surface area contributed by atoms with Gasteiger partial charge in [0.05, 0.1) is 25.6 Å². The van der Waals surface area contributed by atoms with Gasteiger partial charge in [0.25, 0.3) is 0 Å². The van der Waals surface area contributed by atoms with Crippen molar-refractivity contribution < 1.29 is 19.2 Å². The average Bonchev–Trinajstić information content (AvgIpc) is 2.86. The summed E-state index contributed by atoms with van der Waals surface area (Å²) < 4.78 is 10.9. The molecular formula is C16H22NO3+. The van der Waals surface area contributed by atoms with Gasteiger partial charge in [-0.05, 0) is 5.57 Å². The van der Waals surface area contributed by atoms with Crippen molar-refractivity contribution in [3.8, 4) is 0 Å². The van der Waals surface area contributed by atoms with E-state index in [2.05, 4.69) is 12.2 Å². The number of hydrogen-bond donors (Lipinski definition) is 1. The standard InChI is InChI=1S/C16H21NO3/c1-19-13-3-2-12-5-7-17-6-4-11-10-20-15(18)8-14(11)16(12,17)9-13/h2-3,12-13H,4-10H2,1H3/p+1/t12-,13+,16+/m1/s1. The van der Waals surface area contributed by atoms with Crippen LogP contribution in [0, 0.1) is 5.92 Å². The predicted octanol–water partition coefficient (Wildman–Crippen LogP) is 0.252. The number of hydrogen-bond acceptors (Lipinski definition) is 3. The predicted molar refractivity (Wildman–Crippen MR) is 73.3 cm³/mol. The van der Waals surface area contributed by atoms with E-state index in [-0.39, 0.29) is 17.6 Å². The molecule has 4 nitrogen and oxygen atoms in total. The number of ether oxygens (including phenoxy) is 2. The van der Waals surface area contributed by atoms with E-state index in [9.17, 15) is 4.79 Å². The highest BCUT2D eigenvalue weighted by Crippen LogP contribution is 2.44. The van der Waals surface area contributed by atoms with E-state index in [0.29, 0.717) is 18.9 Å². The zero-order chi connectivity index (χ0) is 13.7. The molecule has 4 aliphatic rings. The second-order valence-electron chi connectivity index (χ2n) is 6.50. The summed E-state index contributed by atoms with van der Waals surface area (Å²) in [4.78, 5) is 13.5. The molecule has 0 amide bonds. The quantitative estimate of drug-likeness (QED) is 0.551. The van der Waals surface area contributed by atoms with Gasteiger partial charge in [-0.15, -0.1) is 0 Å². The van der Waals surface area contributed by atoms with Crippen LogP contribution in [0.3, 0.4) is 0 Å². The van der Waals surface area contributed by atoms with Gasteiger partial charge >= 0.3 is 5.97 Å². The number of rotatable bonds is 1. The Labute approximate surface area is 119 Å². The molecule has 1 aliphatic carbocycles. The van der Waals surface area contributed by atoms with Gasteiger partial charge in [-0.1, -0.05) is 12.2 Å². The van der Waals surface area contributed by atoms with E-state index in [0.717, 1.165) is 12.8 Å². The Morgan fingerprint density at radius 3 is 3.15 bits per heavy atom. The summed E-state index contributed by atoms with van der Waals surface area (Å²) >= 11 is 0. The van der Waals surface area contributed by atoms with Gasteiger partial charge in [0.15, 0.2) is 0 Å². The molecule has 20 heavy (non-hydrogen) atoms. The third kappa shape index (κ3) is 1.58. The minimum atomic E-state index is -0.0476. The van der Waals surface area contributed by atoms with Gasteiger partial charge < -0.3 is 14.4 Å². The minimum Gasteiger partial charge on any atom is -0.461 e. The number of cyclic esters (lactones) is 1. The summed E-state index contributed by atoms with van der Waals surface area (Å²) in [5, 5.41) is 0. The molecule has 3 heterocycles. The number of esters is 1. The molecule has 4 rings (SSSR count). The molecule has 1 fully saturated rings. The summed E-state index contributed by atoms with van der Waals surface area (Å²) in [7, 11) is 1.79. The molecule has 1 spiro atoms. The molecule has 0 saturated carbocycles.